The highest BCUT2D eigenvalue weighted by atomic mass is 16.2. The van der Waals surface area contributed by atoms with Gasteiger partial charge in [0.25, 0.3) is 0 Å². The van der Waals surface area contributed by atoms with Crippen molar-refractivity contribution in [2.45, 2.75) is 26.3 Å². The second-order valence-electron chi connectivity index (χ2n) is 5.46. The molecule has 0 saturated heterocycles. The van der Waals surface area contributed by atoms with Crippen LogP contribution in [0.15, 0.2) is 24.3 Å². The first kappa shape index (κ1) is 13.1. The van der Waals surface area contributed by atoms with Crippen molar-refractivity contribution in [2.24, 2.45) is 5.41 Å². The van der Waals surface area contributed by atoms with E-state index in [1.165, 1.54) is 11.1 Å². The van der Waals surface area contributed by atoms with Gasteiger partial charge in [0, 0.05) is 20.1 Å². The maximum atomic E-state index is 12.4. The van der Waals surface area contributed by atoms with Crippen LogP contribution in [0.25, 0.3) is 0 Å². The molecule has 1 aromatic rings. The molecule has 18 heavy (non-hydrogen) atoms. The number of carbonyl (C=O) groups is 1. The first-order valence-electron chi connectivity index (χ1n) is 6.53. The fourth-order valence-electron chi connectivity index (χ4n) is 2.52. The Morgan fingerprint density at radius 2 is 2.17 bits per heavy atom. The lowest BCUT2D eigenvalue weighted by molar-refractivity contribution is -0.136. The lowest BCUT2D eigenvalue weighted by atomic mass is 10.0. The van der Waals surface area contributed by atoms with Crippen molar-refractivity contribution in [1.29, 1.82) is 0 Å². The van der Waals surface area contributed by atoms with Gasteiger partial charge in [0.15, 0.2) is 0 Å². The number of nitrogens with zero attached hydrogens (tertiary/aromatic N) is 1. The van der Waals surface area contributed by atoms with Gasteiger partial charge >= 0.3 is 0 Å². The Morgan fingerprint density at radius 3 is 2.72 bits per heavy atom. The van der Waals surface area contributed by atoms with E-state index in [2.05, 4.69) is 30.4 Å². The molecule has 1 saturated carbocycles. The minimum Gasteiger partial charge on any atom is -0.341 e. The number of carbonyl (C=O) groups excluding carboxylic acids is 1. The summed E-state index contributed by atoms with van der Waals surface area (Å²) in [5.41, 5.74) is 2.32. The van der Waals surface area contributed by atoms with Crippen molar-refractivity contribution in [3.05, 3.63) is 35.4 Å². The van der Waals surface area contributed by atoms with E-state index in [-0.39, 0.29) is 11.3 Å². The topological polar surface area (TPSA) is 32.3 Å². The van der Waals surface area contributed by atoms with Gasteiger partial charge in [-0.15, -0.1) is 0 Å². The third-order valence-corrected chi connectivity index (χ3v) is 3.67. The van der Waals surface area contributed by atoms with E-state index in [1.807, 2.05) is 25.1 Å². The predicted molar refractivity (Wildman–Crippen MR) is 73.2 cm³/mol. The van der Waals surface area contributed by atoms with Gasteiger partial charge in [-0.25, -0.2) is 0 Å². The van der Waals surface area contributed by atoms with Crippen molar-refractivity contribution in [1.82, 2.24) is 10.2 Å². The number of rotatable bonds is 5. The second kappa shape index (κ2) is 5.11. The largest absolute Gasteiger partial charge is 0.341 e. The summed E-state index contributed by atoms with van der Waals surface area (Å²) in [6.07, 6.45) is 2.04. The van der Waals surface area contributed by atoms with E-state index in [9.17, 15) is 4.79 Å². The van der Waals surface area contributed by atoms with E-state index < -0.39 is 0 Å². The predicted octanol–water partition coefficient (Wildman–Crippen LogP) is 1.95. The first-order valence-corrected chi connectivity index (χ1v) is 6.53. The van der Waals surface area contributed by atoms with Crippen LogP contribution in [0, 0.1) is 12.3 Å². The number of benzene rings is 1. The van der Waals surface area contributed by atoms with Gasteiger partial charge in [-0.1, -0.05) is 29.8 Å². The van der Waals surface area contributed by atoms with Crippen LogP contribution in [0.5, 0.6) is 0 Å². The van der Waals surface area contributed by atoms with Crippen molar-refractivity contribution < 1.29 is 4.79 Å². The van der Waals surface area contributed by atoms with Crippen molar-refractivity contribution in [3.8, 4) is 0 Å². The summed E-state index contributed by atoms with van der Waals surface area (Å²) in [4.78, 5) is 14.3. The molecule has 1 aliphatic carbocycles. The van der Waals surface area contributed by atoms with Crippen molar-refractivity contribution in [2.75, 3.05) is 20.6 Å². The molecule has 3 nitrogen and oxygen atoms in total. The summed E-state index contributed by atoms with van der Waals surface area (Å²) in [6.45, 7) is 3.57. The maximum Gasteiger partial charge on any atom is 0.230 e. The second-order valence-corrected chi connectivity index (χ2v) is 5.46. The average molecular weight is 246 g/mol. The van der Waals surface area contributed by atoms with Gasteiger partial charge in [0.05, 0.1) is 5.41 Å². The van der Waals surface area contributed by atoms with E-state index in [4.69, 9.17) is 0 Å². The van der Waals surface area contributed by atoms with E-state index in [0.29, 0.717) is 6.54 Å². The molecule has 2 rings (SSSR count). The van der Waals surface area contributed by atoms with Gasteiger partial charge in [-0.3, -0.25) is 4.79 Å². The van der Waals surface area contributed by atoms with Crippen LogP contribution < -0.4 is 5.32 Å². The molecule has 0 heterocycles. The Kier molecular flexibility index (Phi) is 3.71. The summed E-state index contributed by atoms with van der Waals surface area (Å²) in [6, 6.07) is 8.34. The zero-order valence-corrected chi connectivity index (χ0v) is 11.5. The van der Waals surface area contributed by atoms with Crippen LogP contribution >= 0.6 is 0 Å². The monoisotopic (exact) mass is 246 g/mol. The lowest BCUT2D eigenvalue weighted by Crippen LogP contribution is -2.38. The van der Waals surface area contributed by atoms with Crippen LogP contribution in [0.4, 0.5) is 0 Å². The van der Waals surface area contributed by atoms with Gasteiger partial charge in [-0.2, -0.15) is 0 Å². The van der Waals surface area contributed by atoms with Gasteiger partial charge in [0.1, 0.15) is 0 Å². The highest BCUT2D eigenvalue weighted by Gasteiger charge is 2.50. The fraction of sp³-hybridized carbons (Fsp3) is 0.533. The normalized spacial score (nSPS) is 16.4. The molecule has 1 N–H and O–H groups in total. The average Bonchev–Trinajstić information content (AvgIpc) is 3.09. The molecule has 0 atom stereocenters. The third kappa shape index (κ3) is 2.72. The minimum atomic E-state index is -0.118. The summed E-state index contributed by atoms with van der Waals surface area (Å²) < 4.78 is 0. The van der Waals surface area contributed by atoms with Crippen LogP contribution in [-0.4, -0.2) is 31.4 Å². The van der Waals surface area contributed by atoms with E-state index >= 15 is 0 Å². The summed E-state index contributed by atoms with van der Waals surface area (Å²) in [5, 5.41) is 3.13. The molecule has 1 aromatic carbocycles. The summed E-state index contributed by atoms with van der Waals surface area (Å²) in [5.74, 6) is 0.276. The molecule has 0 radical (unpaired) electrons. The van der Waals surface area contributed by atoms with Gasteiger partial charge in [0.2, 0.25) is 5.91 Å². The SMILES string of the molecule is CNCC1(C(=O)N(C)Cc2cccc(C)c2)CC1. The molecule has 3 heteroatoms. The molecule has 0 aromatic heterocycles. The lowest BCUT2D eigenvalue weighted by Gasteiger charge is -2.23. The zero-order valence-electron chi connectivity index (χ0n) is 11.5. The van der Waals surface area contributed by atoms with Gasteiger partial charge in [-0.05, 0) is 32.4 Å². The van der Waals surface area contributed by atoms with E-state index in [0.717, 1.165) is 19.4 Å². The molecular weight excluding hydrogens is 224 g/mol. The van der Waals surface area contributed by atoms with E-state index in [1.54, 1.807) is 0 Å². The van der Waals surface area contributed by atoms with Crippen LogP contribution in [0.3, 0.4) is 0 Å². The molecular formula is C15H22N2O. The van der Waals surface area contributed by atoms with Gasteiger partial charge < -0.3 is 10.2 Å². The Balaban J connectivity index is 2.00. The first-order chi connectivity index (χ1) is 8.57. The zero-order chi connectivity index (χ0) is 13.2. The number of nitrogens with one attached hydrogen (secondary N) is 1. The highest BCUT2D eigenvalue weighted by Crippen LogP contribution is 2.46. The quantitative estimate of drug-likeness (QED) is 0.861. The minimum absolute atomic E-state index is 0.118. The van der Waals surface area contributed by atoms with Crippen LogP contribution in [0.2, 0.25) is 0 Å². The Morgan fingerprint density at radius 1 is 1.44 bits per heavy atom. The fourth-order valence-corrected chi connectivity index (χ4v) is 2.52. The molecule has 0 aliphatic heterocycles. The number of amides is 1. The Bertz CT molecular complexity index is 438. The summed E-state index contributed by atoms with van der Waals surface area (Å²) in [7, 11) is 3.81. The number of aryl methyl sites for hydroxylation is 1. The van der Waals surface area contributed by atoms with Crippen LogP contribution in [-0.2, 0) is 11.3 Å². The molecule has 0 bridgehead atoms. The number of hydrogen-bond acceptors (Lipinski definition) is 2. The Hall–Kier alpha value is -1.35. The molecule has 1 fully saturated rings. The molecule has 0 unspecified atom stereocenters. The van der Waals surface area contributed by atoms with Crippen molar-refractivity contribution in [3.63, 3.8) is 0 Å². The standard InChI is InChI=1S/C15H22N2O/c1-12-5-4-6-13(9-12)10-17(3)14(18)15(7-8-15)11-16-2/h4-6,9,16H,7-8,10-11H2,1-3H3. The summed E-state index contributed by atoms with van der Waals surface area (Å²) >= 11 is 0. The highest BCUT2D eigenvalue weighted by molar-refractivity contribution is 5.85. The Labute approximate surface area is 109 Å². The smallest absolute Gasteiger partial charge is 0.230 e. The molecule has 0 spiro atoms. The molecule has 1 amide bonds. The molecule has 98 valence electrons. The van der Waals surface area contributed by atoms with Crippen LogP contribution in [0.1, 0.15) is 24.0 Å². The maximum absolute atomic E-state index is 12.4. The molecule has 1 aliphatic rings. The third-order valence-electron chi connectivity index (χ3n) is 3.67. The number of hydrogen-bond donors (Lipinski definition) is 1. The van der Waals surface area contributed by atoms with Crippen molar-refractivity contribution >= 4 is 5.91 Å².